The Morgan fingerprint density at radius 1 is 1.45 bits per heavy atom. The van der Waals surface area contributed by atoms with Gasteiger partial charge in [-0.1, -0.05) is 12.1 Å². The molecule has 1 aromatic heterocycles. The molecule has 0 aliphatic carbocycles. The van der Waals surface area contributed by atoms with Gasteiger partial charge >= 0.3 is 0 Å². The Hall–Kier alpha value is -1.35. The first-order valence-corrected chi connectivity index (χ1v) is 3.52. The molecule has 11 heavy (non-hydrogen) atoms. The molecule has 0 saturated heterocycles. The van der Waals surface area contributed by atoms with Gasteiger partial charge in [0.2, 0.25) is 0 Å². The minimum absolute atomic E-state index is 0.578. The van der Waals surface area contributed by atoms with Gasteiger partial charge < -0.3 is 5.73 Å². The van der Waals surface area contributed by atoms with Gasteiger partial charge in [0, 0.05) is 11.9 Å². The van der Waals surface area contributed by atoms with E-state index in [1.807, 2.05) is 18.2 Å². The second-order valence-electron chi connectivity index (χ2n) is 2.50. The molecule has 0 unspecified atom stereocenters. The van der Waals surface area contributed by atoms with Crippen molar-refractivity contribution in [2.75, 3.05) is 0 Å². The summed E-state index contributed by atoms with van der Waals surface area (Å²) in [5.41, 5.74) is 7.65. The predicted octanol–water partition coefficient (Wildman–Crippen LogP) is 1.02. The first-order chi connectivity index (χ1) is 5.40. The number of nitrogens with one attached hydrogen (secondary N) is 1. The molecule has 0 bridgehead atoms. The number of H-pyrrole nitrogens is 1. The van der Waals surface area contributed by atoms with Crippen molar-refractivity contribution in [3.8, 4) is 0 Å². The molecule has 1 heterocycles. The summed E-state index contributed by atoms with van der Waals surface area (Å²) < 4.78 is 0. The first kappa shape index (κ1) is 6.37. The molecule has 3 nitrogen and oxygen atoms in total. The van der Waals surface area contributed by atoms with E-state index in [0.717, 1.165) is 16.5 Å². The standard InChI is InChI=1S/C8H9N3/c9-4-6-1-2-7-5-10-11-8(7)3-6/h1-3,5H,4,9H2,(H,10,11). The van der Waals surface area contributed by atoms with Crippen LogP contribution in [-0.4, -0.2) is 10.2 Å². The van der Waals surface area contributed by atoms with Gasteiger partial charge in [-0.05, 0) is 11.6 Å². The maximum Gasteiger partial charge on any atom is 0.0653 e. The van der Waals surface area contributed by atoms with Gasteiger partial charge in [-0.3, -0.25) is 5.10 Å². The fraction of sp³-hybridized carbons (Fsp3) is 0.125. The van der Waals surface area contributed by atoms with Gasteiger partial charge in [-0.15, -0.1) is 0 Å². The zero-order valence-corrected chi connectivity index (χ0v) is 6.04. The third-order valence-corrected chi connectivity index (χ3v) is 1.74. The molecule has 0 saturated carbocycles. The van der Waals surface area contributed by atoms with Crippen LogP contribution in [0.15, 0.2) is 24.4 Å². The number of nitrogens with zero attached hydrogens (tertiary/aromatic N) is 1. The normalized spacial score (nSPS) is 10.6. The van der Waals surface area contributed by atoms with E-state index in [-0.39, 0.29) is 0 Å². The third kappa shape index (κ3) is 0.991. The van der Waals surface area contributed by atoms with Crippen molar-refractivity contribution in [1.82, 2.24) is 10.2 Å². The summed E-state index contributed by atoms with van der Waals surface area (Å²) in [6.45, 7) is 0.578. The van der Waals surface area contributed by atoms with Crippen LogP contribution in [0.5, 0.6) is 0 Å². The van der Waals surface area contributed by atoms with Crippen LogP contribution in [-0.2, 0) is 6.54 Å². The van der Waals surface area contributed by atoms with Gasteiger partial charge in [0.25, 0.3) is 0 Å². The number of hydrogen-bond acceptors (Lipinski definition) is 2. The number of fused-ring (bicyclic) bond motifs is 1. The number of hydrogen-bond donors (Lipinski definition) is 2. The van der Waals surface area contributed by atoms with Gasteiger partial charge in [-0.2, -0.15) is 5.10 Å². The molecule has 0 atom stereocenters. The van der Waals surface area contributed by atoms with Crippen LogP contribution in [0.25, 0.3) is 10.9 Å². The number of benzene rings is 1. The molecule has 3 N–H and O–H groups in total. The van der Waals surface area contributed by atoms with E-state index in [9.17, 15) is 0 Å². The van der Waals surface area contributed by atoms with Gasteiger partial charge in [0.1, 0.15) is 0 Å². The predicted molar refractivity (Wildman–Crippen MR) is 44.0 cm³/mol. The van der Waals surface area contributed by atoms with Crippen molar-refractivity contribution in [3.05, 3.63) is 30.0 Å². The zero-order valence-electron chi connectivity index (χ0n) is 6.04. The minimum atomic E-state index is 0.578. The Morgan fingerprint density at radius 2 is 2.36 bits per heavy atom. The molecule has 0 amide bonds. The lowest BCUT2D eigenvalue weighted by Gasteiger charge is -1.94. The van der Waals surface area contributed by atoms with E-state index in [0.29, 0.717) is 6.54 Å². The van der Waals surface area contributed by atoms with Crippen LogP contribution in [0.4, 0.5) is 0 Å². The van der Waals surface area contributed by atoms with E-state index in [2.05, 4.69) is 10.2 Å². The number of aromatic nitrogens is 2. The van der Waals surface area contributed by atoms with Crippen molar-refractivity contribution >= 4 is 10.9 Å². The summed E-state index contributed by atoms with van der Waals surface area (Å²) in [5, 5.41) is 7.93. The molecule has 0 fully saturated rings. The second kappa shape index (κ2) is 2.36. The maximum atomic E-state index is 5.48. The summed E-state index contributed by atoms with van der Waals surface area (Å²) in [7, 11) is 0. The Balaban J connectivity index is 2.67. The van der Waals surface area contributed by atoms with Crippen LogP contribution in [0.1, 0.15) is 5.56 Å². The van der Waals surface area contributed by atoms with E-state index >= 15 is 0 Å². The molecule has 1 aromatic carbocycles. The Labute approximate surface area is 64.2 Å². The lowest BCUT2D eigenvalue weighted by atomic mass is 10.2. The van der Waals surface area contributed by atoms with E-state index in [4.69, 9.17) is 5.73 Å². The van der Waals surface area contributed by atoms with Crippen molar-refractivity contribution in [2.24, 2.45) is 5.73 Å². The van der Waals surface area contributed by atoms with E-state index < -0.39 is 0 Å². The SMILES string of the molecule is NCc1ccc2cn[nH]c2c1. The highest BCUT2D eigenvalue weighted by molar-refractivity contribution is 5.78. The zero-order chi connectivity index (χ0) is 7.68. The Bertz CT molecular complexity index is 364. The highest BCUT2D eigenvalue weighted by atomic mass is 15.1. The van der Waals surface area contributed by atoms with Crippen LogP contribution in [0.3, 0.4) is 0 Å². The molecule has 56 valence electrons. The van der Waals surface area contributed by atoms with Crippen molar-refractivity contribution in [1.29, 1.82) is 0 Å². The monoisotopic (exact) mass is 147 g/mol. The Morgan fingerprint density at radius 3 is 3.18 bits per heavy atom. The van der Waals surface area contributed by atoms with Crippen molar-refractivity contribution < 1.29 is 0 Å². The van der Waals surface area contributed by atoms with Gasteiger partial charge in [0.15, 0.2) is 0 Å². The largest absolute Gasteiger partial charge is 0.326 e. The third-order valence-electron chi connectivity index (χ3n) is 1.74. The maximum absolute atomic E-state index is 5.48. The van der Waals surface area contributed by atoms with Crippen LogP contribution < -0.4 is 5.73 Å². The summed E-state index contributed by atoms with van der Waals surface area (Å²) in [6.07, 6.45) is 1.80. The van der Waals surface area contributed by atoms with Crippen LogP contribution in [0, 0.1) is 0 Å². The second-order valence-corrected chi connectivity index (χ2v) is 2.50. The summed E-state index contributed by atoms with van der Waals surface area (Å²) in [6, 6.07) is 6.04. The highest BCUT2D eigenvalue weighted by Gasteiger charge is 1.94. The fourth-order valence-corrected chi connectivity index (χ4v) is 1.11. The average Bonchev–Trinajstić information content (AvgIpc) is 2.50. The Kier molecular flexibility index (Phi) is 1.36. The van der Waals surface area contributed by atoms with Crippen LogP contribution in [0.2, 0.25) is 0 Å². The topological polar surface area (TPSA) is 54.7 Å². The lowest BCUT2D eigenvalue weighted by Crippen LogP contribution is -1.94. The summed E-state index contributed by atoms with van der Waals surface area (Å²) in [4.78, 5) is 0. The molecular weight excluding hydrogens is 138 g/mol. The van der Waals surface area contributed by atoms with E-state index in [1.165, 1.54) is 0 Å². The number of aromatic amines is 1. The number of rotatable bonds is 1. The van der Waals surface area contributed by atoms with Crippen LogP contribution >= 0.6 is 0 Å². The molecule has 0 aliphatic heterocycles. The molecule has 0 aliphatic rings. The minimum Gasteiger partial charge on any atom is -0.326 e. The van der Waals surface area contributed by atoms with Crippen molar-refractivity contribution in [2.45, 2.75) is 6.54 Å². The first-order valence-electron chi connectivity index (χ1n) is 3.52. The molecule has 0 spiro atoms. The van der Waals surface area contributed by atoms with Crippen molar-refractivity contribution in [3.63, 3.8) is 0 Å². The van der Waals surface area contributed by atoms with Gasteiger partial charge in [0.05, 0.1) is 11.7 Å². The molecular formula is C8H9N3. The van der Waals surface area contributed by atoms with Gasteiger partial charge in [-0.25, -0.2) is 0 Å². The molecule has 3 heteroatoms. The molecule has 0 radical (unpaired) electrons. The van der Waals surface area contributed by atoms with E-state index in [1.54, 1.807) is 6.20 Å². The summed E-state index contributed by atoms with van der Waals surface area (Å²) >= 11 is 0. The molecule has 2 aromatic rings. The fourth-order valence-electron chi connectivity index (χ4n) is 1.11. The quantitative estimate of drug-likeness (QED) is 0.632. The lowest BCUT2D eigenvalue weighted by molar-refractivity contribution is 1.07. The average molecular weight is 147 g/mol. The molecule has 2 rings (SSSR count). The summed E-state index contributed by atoms with van der Waals surface area (Å²) in [5.74, 6) is 0. The number of nitrogens with two attached hydrogens (primary N) is 1. The smallest absolute Gasteiger partial charge is 0.0653 e. The highest BCUT2D eigenvalue weighted by Crippen LogP contribution is 2.11.